The monoisotopic (exact) mass is 237 g/mol. The maximum absolute atomic E-state index is 12.3. The molecule has 3 nitrogen and oxygen atoms in total. The van der Waals surface area contributed by atoms with Crippen LogP contribution in [0.4, 0.5) is 8.78 Å². The Bertz CT molecular complexity index is 275. The molecule has 1 saturated carbocycles. The number of rotatable bonds is 2. The summed E-state index contributed by atoms with van der Waals surface area (Å²) in [6, 6.07) is 0.146. The third-order valence-corrected chi connectivity index (χ3v) is 2.06. The van der Waals surface area contributed by atoms with E-state index in [-0.39, 0.29) is 16.6 Å². The summed E-state index contributed by atoms with van der Waals surface area (Å²) >= 11 is 2.97. The number of halogens is 3. The number of alkyl halides is 2. The highest BCUT2D eigenvalue weighted by molar-refractivity contribution is 9.10. The lowest BCUT2D eigenvalue weighted by atomic mass is 10.6. The van der Waals surface area contributed by atoms with Crippen molar-refractivity contribution in [2.45, 2.75) is 25.3 Å². The fourth-order valence-electron chi connectivity index (χ4n) is 1.04. The SMILES string of the molecule is FC(F)c1nc(Br)nn1C1CC1. The minimum atomic E-state index is -2.54. The second-order valence-corrected chi connectivity index (χ2v) is 3.42. The molecule has 6 heteroatoms. The Hall–Kier alpha value is -0.520. The summed E-state index contributed by atoms with van der Waals surface area (Å²) < 4.78 is 26.1. The quantitative estimate of drug-likeness (QED) is 0.791. The van der Waals surface area contributed by atoms with Crippen molar-refractivity contribution in [2.24, 2.45) is 0 Å². The van der Waals surface area contributed by atoms with Gasteiger partial charge >= 0.3 is 0 Å². The molecule has 0 aromatic carbocycles. The minimum absolute atomic E-state index is 0.146. The van der Waals surface area contributed by atoms with Gasteiger partial charge in [0.1, 0.15) is 0 Å². The third kappa shape index (κ3) is 1.35. The Morgan fingerprint density at radius 2 is 2.17 bits per heavy atom. The molecule has 0 spiro atoms. The van der Waals surface area contributed by atoms with Crippen LogP contribution in [0.25, 0.3) is 0 Å². The van der Waals surface area contributed by atoms with Crippen LogP contribution < -0.4 is 0 Å². The summed E-state index contributed by atoms with van der Waals surface area (Å²) in [7, 11) is 0. The first-order valence-electron chi connectivity index (χ1n) is 3.58. The van der Waals surface area contributed by atoms with Crippen molar-refractivity contribution < 1.29 is 8.78 Å². The summed E-state index contributed by atoms with van der Waals surface area (Å²) in [6.07, 6.45) is -0.685. The first-order chi connectivity index (χ1) is 5.68. The average Bonchev–Trinajstić information content (AvgIpc) is 2.75. The van der Waals surface area contributed by atoms with Crippen molar-refractivity contribution >= 4 is 15.9 Å². The molecule has 1 aliphatic rings. The van der Waals surface area contributed by atoms with Gasteiger partial charge in [0.25, 0.3) is 6.43 Å². The van der Waals surface area contributed by atoms with Gasteiger partial charge in [-0.05, 0) is 28.8 Å². The van der Waals surface area contributed by atoms with E-state index in [9.17, 15) is 8.78 Å². The largest absolute Gasteiger partial charge is 0.297 e. The molecular formula is C6H6BrF2N3. The topological polar surface area (TPSA) is 30.7 Å². The molecule has 0 amide bonds. The van der Waals surface area contributed by atoms with E-state index in [0.717, 1.165) is 12.8 Å². The lowest BCUT2D eigenvalue weighted by Gasteiger charge is -2.00. The fraction of sp³-hybridized carbons (Fsp3) is 0.667. The third-order valence-electron chi connectivity index (χ3n) is 1.72. The van der Waals surface area contributed by atoms with E-state index in [0.29, 0.717) is 0 Å². The van der Waals surface area contributed by atoms with Gasteiger partial charge in [-0.2, -0.15) is 4.98 Å². The summed E-state index contributed by atoms with van der Waals surface area (Å²) in [5.74, 6) is -0.232. The highest BCUT2D eigenvalue weighted by Gasteiger charge is 2.30. The molecule has 1 fully saturated rings. The summed E-state index contributed by atoms with van der Waals surface area (Å²) in [4.78, 5) is 3.59. The zero-order valence-corrected chi connectivity index (χ0v) is 7.63. The molecule has 12 heavy (non-hydrogen) atoms. The predicted molar refractivity (Wildman–Crippen MR) is 41.0 cm³/mol. The summed E-state index contributed by atoms with van der Waals surface area (Å²) in [5.41, 5.74) is 0. The summed E-state index contributed by atoms with van der Waals surface area (Å²) in [6.45, 7) is 0. The van der Waals surface area contributed by atoms with Crippen molar-refractivity contribution in [3.05, 3.63) is 10.6 Å². The highest BCUT2D eigenvalue weighted by Crippen LogP contribution is 2.37. The smallest absolute Gasteiger partial charge is 0.241 e. The van der Waals surface area contributed by atoms with Crippen LogP contribution in [0.5, 0.6) is 0 Å². The molecule has 1 aliphatic carbocycles. The molecule has 0 N–H and O–H groups in total. The van der Waals surface area contributed by atoms with Gasteiger partial charge in [-0.1, -0.05) is 0 Å². The normalized spacial score (nSPS) is 17.3. The number of nitrogens with zero attached hydrogens (tertiary/aromatic N) is 3. The second-order valence-electron chi connectivity index (χ2n) is 2.72. The molecule has 0 atom stereocenters. The van der Waals surface area contributed by atoms with Gasteiger partial charge in [-0.15, -0.1) is 5.10 Å². The Labute approximate surface area is 75.9 Å². The van der Waals surface area contributed by atoms with Crippen LogP contribution >= 0.6 is 15.9 Å². The number of hydrogen-bond donors (Lipinski definition) is 0. The lowest BCUT2D eigenvalue weighted by molar-refractivity contribution is 0.133. The van der Waals surface area contributed by atoms with E-state index < -0.39 is 6.43 Å². The Morgan fingerprint density at radius 3 is 2.67 bits per heavy atom. The molecule has 1 aromatic heterocycles. The first-order valence-corrected chi connectivity index (χ1v) is 4.38. The molecule has 0 radical (unpaired) electrons. The van der Waals surface area contributed by atoms with Gasteiger partial charge in [0.2, 0.25) is 4.73 Å². The van der Waals surface area contributed by atoms with Crippen molar-refractivity contribution in [2.75, 3.05) is 0 Å². The molecule has 0 bridgehead atoms. The molecule has 0 unspecified atom stereocenters. The van der Waals surface area contributed by atoms with E-state index in [2.05, 4.69) is 26.0 Å². The molecule has 1 heterocycles. The Morgan fingerprint density at radius 1 is 1.50 bits per heavy atom. The van der Waals surface area contributed by atoms with Gasteiger partial charge < -0.3 is 0 Å². The van der Waals surface area contributed by atoms with E-state index in [1.165, 1.54) is 4.68 Å². The lowest BCUT2D eigenvalue weighted by Crippen LogP contribution is -2.03. The average molecular weight is 238 g/mol. The second kappa shape index (κ2) is 2.76. The molecule has 66 valence electrons. The number of hydrogen-bond acceptors (Lipinski definition) is 2. The van der Waals surface area contributed by atoms with Crippen LogP contribution in [0.1, 0.15) is 31.1 Å². The van der Waals surface area contributed by atoms with Gasteiger partial charge in [-0.25, -0.2) is 13.5 Å². The van der Waals surface area contributed by atoms with E-state index in [4.69, 9.17) is 0 Å². The van der Waals surface area contributed by atoms with E-state index in [1.807, 2.05) is 0 Å². The highest BCUT2D eigenvalue weighted by atomic mass is 79.9. The first kappa shape index (κ1) is 8.10. The van der Waals surface area contributed by atoms with Crippen molar-refractivity contribution in [1.29, 1.82) is 0 Å². The summed E-state index contributed by atoms with van der Waals surface area (Å²) in [5, 5.41) is 3.84. The maximum Gasteiger partial charge on any atom is 0.297 e. The van der Waals surface area contributed by atoms with Crippen LogP contribution in [0.3, 0.4) is 0 Å². The van der Waals surface area contributed by atoms with E-state index in [1.54, 1.807) is 0 Å². The molecular weight excluding hydrogens is 232 g/mol. The molecule has 1 aromatic rings. The predicted octanol–water partition coefficient (Wildman–Crippen LogP) is 2.31. The van der Waals surface area contributed by atoms with Crippen LogP contribution in [-0.4, -0.2) is 14.8 Å². The Balaban J connectivity index is 2.36. The molecule has 0 saturated heterocycles. The van der Waals surface area contributed by atoms with Crippen molar-refractivity contribution in [3.8, 4) is 0 Å². The van der Waals surface area contributed by atoms with Gasteiger partial charge in [0, 0.05) is 0 Å². The standard InChI is InChI=1S/C6H6BrF2N3/c7-6-10-5(4(8)9)12(11-6)3-1-2-3/h3-4H,1-2H2. The van der Waals surface area contributed by atoms with Gasteiger partial charge in [0.15, 0.2) is 5.82 Å². The fourth-order valence-corrected chi connectivity index (χ4v) is 1.40. The van der Waals surface area contributed by atoms with Crippen LogP contribution in [0, 0.1) is 0 Å². The zero-order valence-electron chi connectivity index (χ0n) is 6.04. The number of aromatic nitrogens is 3. The Kier molecular flexibility index (Phi) is 1.86. The van der Waals surface area contributed by atoms with Crippen LogP contribution in [0.2, 0.25) is 0 Å². The van der Waals surface area contributed by atoms with Crippen molar-refractivity contribution in [1.82, 2.24) is 14.8 Å². The van der Waals surface area contributed by atoms with Gasteiger partial charge in [-0.3, -0.25) is 0 Å². The minimum Gasteiger partial charge on any atom is -0.241 e. The van der Waals surface area contributed by atoms with E-state index >= 15 is 0 Å². The van der Waals surface area contributed by atoms with Crippen LogP contribution in [-0.2, 0) is 0 Å². The van der Waals surface area contributed by atoms with Crippen LogP contribution in [0.15, 0.2) is 4.73 Å². The molecule has 2 rings (SSSR count). The van der Waals surface area contributed by atoms with Crippen molar-refractivity contribution in [3.63, 3.8) is 0 Å². The van der Waals surface area contributed by atoms with Gasteiger partial charge in [0.05, 0.1) is 6.04 Å². The zero-order chi connectivity index (χ0) is 8.72. The maximum atomic E-state index is 12.3. The molecule has 0 aliphatic heterocycles.